The Hall–Kier alpha value is -0.450. The van der Waals surface area contributed by atoms with E-state index in [1.165, 1.54) is 36.5 Å². The number of nitrogens with zero attached hydrogens (tertiary/aromatic N) is 2. The number of likely N-dealkylation sites (tertiary alicyclic amines) is 1. The summed E-state index contributed by atoms with van der Waals surface area (Å²) in [6.45, 7) is 2.37. The summed E-state index contributed by atoms with van der Waals surface area (Å²) >= 11 is 1.79. The van der Waals surface area contributed by atoms with Crippen LogP contribution in [-0.4, -0.2) is 35.6 Å². The standard InChI is InChI=1S/C12H19N3S/c1-15-5-2-9(7-15)10-8-16-11(14-10)6-12(13)3-4-12/h8-9H,2-7,13H2,1H3. The maximum Gasteiger partial charge on any atom is 0.0946 e. The Morgan fingerprint density at radius 2 is 2.44 bits per heavy atom. The molecule has 16 heavy (non-hydrogen) atoms. The molecule has 0 amide bonds. The molecule has 2 fully saturated rings. The molecule has 0 bridgehead atoms. The van der Waals surface area contributed by atoms with Gasteiger partial charge in [0, 0.05) is 29.8 Å². The average molecular weight is 237 g/mol. The first-order chi connectivity index (χ1) is 7.65. The van der Waals surface area contributed by atoms with E-state index in [2.05, 4.69) is 17.3 Å². The van der Waals surface area contributed by atoms with Crippen LogP contribution in [0.25, 0.3) is 0 Å². The highest BCUT2D eigenvalue weighted by atomic mass is 32.1. The quantitative estimate of drug-likeness (QED) is 0.868. The fourth-order valence-electron chi connectivity index (χ4n) is 2.41. The van der Waals surface area contributed by atoms with Crippen molar-refractivity contribution < 1.29 is 0 Å². The zero-order chi connectivity index (χ0) is 11.2. The van der Waals surface area contributed by atoms with Crippen molar-refractivity contribution in [3.63, 3.8) is 0 Å². The predicted molar refractivity (Wildman–Crippen MR) is 66.8 cm³/mol. The van der Waals surface area contributed by atoms with E-state index in [0.29, 0.717) is 5.92 Å². The highest BCUT2D eigenvalue weighted by molar-refractivity contribution is 7.09. The van der Waals surface area contributed by atoms with Crippen LogP contribution in [0, 0.1) is 0 Å². The summed E-state index contributed by atoms with van der Waals surface area (Å²) in [6.07, 6.45) is 4.59. The molecule has 1 saturated carbocycles. The fourth-order valence-corrected chi connectivity index (χ4v) is 3.44. The zero-order valence-corrected chi connectivity index (χ0v) is 10.6. The van der Waals surface area contributed by atoms with E-state index in [0.717, 1.165) is 13.0 Å². The molecule has 2 aliphatic rings. The fraction of sp³-hybridized carbons (Fsp3) is 0.750. The summed E-state index contributed by atoms with van der Waals surface area (Å²) in [5.41, 5.74) is 7.52. The summed E-state index contributed by atoms with van der Waals surface area (Å²) in [6, 6.07) is 0. The van der Waals surface area contributed by atoms with Crippen molar-refractivity contribution in [3.8, 4) is 0 Å². The molecule has 2 N–H and O–H groups in total. The normalized spacial score (nSPS) is 28.5. The molecule has 1 atom stereocenters. The van der Waals surface area contributed by atoms with E-state index in [9.17, 15) is 0 Å². The summed E-state index contributed by atoms with van der Waals surface area (Å²) in [4.78, 5) is 7.15. The molecule has 1 aliphatic carbocycles. The van der Waals surface area contributed by atoms with Crippen LogP contribution < -0.4 is 5.73 Å². The lowest BCUT2D eigenvalue weighted by atomic mass is 10.1. The van der Waals surface area contributed by atoms with E-state index in [1.807, 2.05) is 0 Å². The lowest BCUT2D eigenvalue weighted by molar-refractivity contribution is 0.411. The Morgan fingerprint density at radius 1 is 1.62 bits per heavy atom. The van der Waals surface area contributed by atoms with Gasteiger partial charge in [-0.15, -0.1) is 11.3 Å². The van der Waals surface area contributed by atoms with Gasteiger partial charge < -0.3 is 10.6 Å². The van der Waals surface area contributed by atoms with Crippen molar-refractivity contribution in [3.05, 3.63) is 16.1 Å². The molecule has 0 spiro atoms. The van der Waals surface area contributed by atoms with Crippen LogP contribution >= 0.6 is 11.3 Å². The number of likely N-dealkylation sites (N-methyl/N-ethyl adjacent to an activating group) is 1. The summed E-state index contributed by atoms with van der Waals surface area (Å²) in [7, 11) is 2.19. The first-order valence-electron chi connectivity index (χ1n) is 6.06. The van der Waals surface area contributed by atoms with Crippen LogP contribution in [0.1, 0.15) is 35.9 Å². The van der Waals surface area contributed by atoms with E-state index in [1.54, 1.807) is 11.3 Å². The van der Waals surface area contributed by atoms with Gasteiger partial charge in [-0.1, -0.05) is 0 Å². The number of nitrogens with two attached hydrogens (primary N) is 1. The lowest BCUT2D eigenvalue weighted by Crippen LogP contribution is -2.24. The van der Waals surface area contributed by atoms with Crippen LogP contribution in [0.15, 0.2) is 5.38 Å². The van der Waals surface area contributed by atoms with E-state index >= 15 is 0 Å². The first kappa shape index (κ1) is 10.7. The highest BCUT2D eigenvalue weighted by Gasteiger charge is 2.39. The molecule has 0 radical (unpaired) electrons. The molecule has 1 saturated heterocycles. The Balaban J connectivity index is 1.68. The van der Waals surface area contributed by atoms with Gasteiger partial charge in [-0.05, 0) is 32.9 Å². The van der Waals surface area contributed by atoms with Gasteiger partial charge in [-0.3, -0.25) is 0 Å². The van der Waals surface area contributed by atoms with Crippen LogP contribution in [0.2, 0.25) is 0 Å². The van der Waals surface area contributed by atoms with E-state index in [-0.39, 0.29) is 5.54 Å². The van der Waals surface area contributed by atoms with Crippen molar-refractivity contribution in [2.45, 2.75) is 37.1 Å². The second-order valence-corrected chi connectivity index (χ2v) is 6.40. The van der Waals surface area contributed by atoms with Gasteiger partial charge in [0.2, 0.25) is 0 Å². The molecule has 2 heterocycles. The summed E-state index contributed by atoms with van der Waals surface area (Å²) < 4.78 is 0. The monoisotopic (exact) mass is 237 g/mol. The number of aromatic nitrogens is 1. The third kappa shape index (κ3) is 2.14. The van der Waals surface area contributed by atoms with Crippen LogP contribution in [0.5, 0.6) is 0 Å². The van der Waals surface area contributed by atoms with Crippen molar-refractivity contribution in [1.82, 2.24) is 9.88 Å². The number of rotatable bonds is 3. The van der Waals surface area contributed by atoms with Gasteiger partial charge in [-0.2, -0.15) is 0 Å². The average Bonchev–Trinajstić information content (AvgIpc) is 2.69. The largest absolute Gasteiger partial charge is 0.325 e. The number of hydrogen-bond donors (Lipinski definition) is 1. The molecule has 4 heteroatoms. The van der Waals surface area contributed by atoms with Gasteiger partial charge in [0.1, 0.15) is 0 Å². The molecule has 1 aromatic heterocycles. The Labute approximate surface area is 101 Å². The maximum atomic E-state index is 6.12. The maximum absolute atomic E-state index is 6.12. The van der Waals surface area contributed by atoms with Crippen molar-refractivity contribution in [2.24, 2.45) is 5.73 Å². The number of thiazole rings is 1. The topological polar surface area (TPSA) is 42.1 Å². The lowest BCUT2D eigenvalue weighted by Gasteiger charge is -2.07. The molecule has 1 aromatic rings. The van der Waals surface area contributed by atoms with E-state index < -0.39 is 0 Å². The molecule has 88 valence electrons. The Bertz CT molecular complexity index is 383. The summed E-state index contributed by atoms with van der Waals surface area (Å²) in [5.74, 6) is 0.655. The SMILES string of the molecule is CN1CCC(c2csc(CC3(N)CC3)n2)C1. The minimum absolute atomic E-state index is 0.0988. The van der Waals surface area contributed by atoms with E-state index in [4.69, 9.17) is 10.7 Å². The van der Waals surface area contributed by atoms with Gasteiger partial charge >= 0.3 is 0 Å². The third-order valence-corrected chi connectivity index (χ3v) is 4.64. The molecular formula is C12H19N3S. The molecule has 3 nitrogen and oxygen atoms in total. The number of hydrogen-bond acceptors (Lipinski definition) is 4. The zero-order valence-electron chi connectivity index (χ0n) is 9.78. The Morgan fingerprint density at radius 3 is 3.06 bits per heavy atom. The minimum atomic E-state index is 0.0988. The predicted octanol–water partition coefficient (Wildman–Crippen LogP) is 1.60. The third-order valence-electron chi connectivity index (χ3n) is 3.77. The molecule has 1 unspecified atom stereocenters. The van der Waals surface area contributed by atoms with Gasteiger partial charge in [0.15, 0.2) is 0 Å². The van der Waals surface area contributed by atoms with Crippen molar-refractivity contribution in [2.75, 3.05) is 20.1 Å². The van der Waals surface area contributed by atoms with Crippen molar-refractivity contribution in [1.29, 1.82) is 0 Å². The van der Waals surface area contributed by atoms with Crippen molar-refractivity contribution >= 4 is 11.3 Å². The second kappa shape index (κ2) is 3.79. The Kier molecular flexibility index (Phi) is 2.53. The molecule has 1 aliphatic heterocycles. The van der Waals surface area contributed by atoms with Gasteiger partial charge in [0.25, 0.3) is 0 Å². The molecule has 0 aromatic carbocycles. The molecular weight excluding hydrogens is 218 g/mol. The molecule has 3 rings (SSSR count). The van der Waals surface area contributed by atoms with Gasteiger partial charge in [-0.25, -0.2) is 4.98 Å². The minimum Gasteiger partial charge on any atom is -0.325 e. The van der Waals surface area contributed by atoms with Gasteiger partial charge in [0.05, 0.1) is 10.7 Å². The summed E-state index contributed by atoms with van der Waals surface area (Å²) in [5, 5.41) is 3.48. The smallest absolute Gasteiger partial charge is 0.0946 e. The first-order valence-corrected chi connectivity index (χ1v) is 6.94. The van der Waals surface area contributed by atoms with Crippen LogP contribution in [0.3, 0.4) is 0 Å². The highest BCUT2D eigenvalue weighted by Crippen LogP contribution is 2.37. The van der Waals surface area contributed by atoms with Crippen LogP contribution in [-0.2, 0) is 6.42 Å². The second-order valence-electron chi connectivity index (χ2n) is 5.45. The van der Waals surface area contributed by atoms with Crippen LogP contribution in [0.4, 0.5) is 0 Å².